The third kappa shape index (κ3) is 1.55. The van der Waals surface area contributed by atoms with Crippen molar-refractivity contribution in [2.24, 2.45) is 0 Å². The summed E-state index contributed by atoms with van der Waals surface area (Å²) in [6, 6.07) is 2.13. The summed E-state index contributed by atoms with van der Waals surface area (Å²) < 4.78 is 0.893. The summed E-state index contributed by atoms with van der Waals surface area (Å²) >= 11 is 5.20. The summed E-state index contributed by atoms with van der Waals surface area (Å²) in [6.45, 7) is 4.48. The van der Waals surface area contributed by atoms with Crippen molar-refractivity contribution in [2.45, 2.75) is 39.0 Å². The molecule has 0 aliphatic heterocycles. The van der Waals surface area contributed by atoms with Crippen molar-refractivity contribution in [3.8, 4) is 0 Å². The van der Waals surface area contributed by atoms with Gasteiger partial charge in [-0.2, -0.15) is 0 Å². The third-order valence-electron chi connectivity index (χ3n) is 2.75. The summed E-state index contributed by atoms with van der Waals surface area (Å²) in [5.41, 5.74) is 4.37. The highest BCUT2D eigenvalue weighted by molar-refractivity contribution is 7.71. The van der Waals surface area contributed by atoms with Gasteiger partial charge in [-0.3, -0.25) is 0 Å². The Kier molecular flexibility index (Phi) is 2.24. The van der Waals surface area contributed by atoms with Crippen molar-refractivity contribution < 1.29 is 0 Å². The number of aromatic nitrogens is 1. The first kappa shape index (κ1) is 8.95. The van der Waals surface area contributed by atoms with Crippen molar-refractivity contribution in [1.29, 1.82) is 0 Å². The highest BCUT2D eigenvalue weighted by atomic mass is 32.1. The molecule has 0 atom stereocenters. The summed E-state index contributed by atoms with van der Waals surface area (Å²) in [5, 5.41) is 0. The quantitative estimate of drug-likeness (QED) is 0.676. The molecule has 0 radical (unpaired) electrons. The smallest absolute Gasteiger partial charge is 0.103 e. The second kappa shape index (κ2) is 3.26. The van der Waals surface area contributed by atoms with Crippen molar-refractivity contribution in [2.75, 3.05) is 0 Å². The lowest BCUT2D eigenvalue weighted by atomic mass is 9.98. The fourth-order valence-electron chi connectivity index (χ4n) is 2.13. The molecule has 1 aliphatic rings. The van der Waals surface area contributed by atoms with E-state index in [-0.39, 0.29) is 0 Å². The number of hydrogen-bond acceptors (Lipinski definition) is 1. The molecule has 0 amide bonds. The number of fused-ring (bicyclic) bond motifs is 1. The number of pyridine rings is 1. The Labute approximate surface area is 84.2 Å². The molecule has 0 aromatic carbocycles. The molecule has 0 saturated carbocycles. The van der Waals surface area contributed by atoms with E-state index in [1.807, 2.05) is 0 Å². The molecule has 0 bridgehead atoms. The number of hydrogen-bond donors (Lipinski definition) is 1. The molecule has 2 rings (SSSR count). The predicted molar refractivity (Wildman–Crippen MR) is 57.7 cm³/mol. The van der Waals surface area contributed by atoms with Crippen LogP contribution in [0, 0.1) is 4.64 Å². The number of nitrogens with one attached hydrogen (secondary N) is 1. The first-order chi connectivity index (χ1) is 6.18. The van der Waals surface area contributed by atoms with E-state index in [9.17, 15) is 0 Å². The van der Waals surface area contributed by atoms with Gasteiger partial charge in [0.15, 0.2) is 0 Å². The predicted octanol–water partition coefficient (Wildman–Crippen LogP) is 3.36. The molecule has 1 aromatic rings. The van der Waals surface area contributed by atoms with Gasteiger partial charge < -0.3 is 4.98 Å². The zero-order valence-electron chi connectivity index (χ0n) is 8.18. The van der Waals surface area contributed by atoms with Crippen molar-refractivity contribution in [3.05, 3.63) is 27.5 Å². The molecule has 1 N–H and O–H groups in total. The number of aromatic amines is 1. The van der Waals surface area contributed by atoms with Gasteiger partial charge in [0.2, 0.25) is 0 Å². The number of aryl methyl sites for hydroxylation is 1. The van der Waals surface area contributed by atoms with Gasteiger partial charge >= 0.3 is 0 Å². The van der Waals surface area contributed by atoms with Gasteiger partial charge in [0, 0.05) is 5.69 Å². The Hall–Kier alpha value is -0.630. The van der Waals surface area contributed by atoms with Crippen molar-refractivity contribution in [1.82, 2.24) is 4.98 Å². The van der Waals surface area contributed by atoms with Gasteiger partial charge in [0.25, 0.3) is 0 Å². The molecule has 1 aromatic heterocycles. The van der Waals surface area contributed by atoms with Crippen LogP contribution >= 0.6 is 12.2 Å². The van der Waals surface area contributed by atoms with Crippen LogP contribution in [0.4, 0.5) is 0 Å². The average Bonchev–Trinajstić information content (AvgIpc) is 2.49. The minimum atomic E-state index is 0.600. The average molecular weight is 193 g/mol. The van der Waals surface area contributed by atoms with E-state index in [4.69, 9.17) is 12.2 Å². The second-order valence-electron chi connectivity index (χ2n) is 4.05. The maximum atomic E-state index is 5.20. The summed E-state index contributed by atoms with van der Waals surface area (Å²) in [6.07, 6.45) is 3.69. The zero-order valence-corrected chi connectivity index (χ0v) is 9.00. The largest absolute Gasteiger partial charge is 0.350 e. The lowest BCUT2D eigenvalue weighted by Crippen LogP contribution is -1.98. The molecular weight excluding hydrogens is 178 g/mol. The molecule has 13 heavy (non-hydrogen) atoms. The Morgan fingerprint density at radius 3 is 2.85 bits per heavy atom. The maximum Gasteiger partial charge on any atom is 0.103 e. The van der Waals surface area contributed by atoms with E-state index >= 15 is 0 Å². The van der Waals surface area contributed by atoms with E-state index in [1.165, 1.54) is 36.1 Å². The van der Waals surface area contributed by atoms with Crippen LogP contribution in [-0.2, 0) is 12.8 Å². The number of H-pyrrole nitrogens is 1. The van der Waals surface area contributed by atoms with Crippen LogP contribution in [0.15, 0.2) is 6.07 Å². The van der Waals surface area contributed by atoms with Gasteiger partial charge in [-0.15, -0.1) is 0 Å². The topological polar surface area (TPSA) is 15.8 Å². The molecule has 0 fully saturated rings. The Bertz CT molecular complexity index is 376. The fraction of sp³-hybridized carbons (Fsp3) is 0.545. The highest BCUT2D eigenvalue weighted by Crippen LogP contribution is 2.28. The van der Waals surface area contributed by atoms with Crippen LogP contribution in [0.25, 0.3) is 0 Å². The molecule has 1 nitrogen and oxygen atoms in total. The summed E-state index contributed by atoms with van der Waals surface area (Å²) in [5.74, 6) is 0.600. The highest BCUT2D eigenvalue weighted by Gasteiger charge is 2.16. The molecule has 70 valence electrons. The molecule has 0 saturated heterocycles. The monoisotopic (exact) mass is 193 g/mol. The Morgan fingerprint density at radius 1 is 1.38 bits per heavy atom. The molecule has 1 heterocycles. The second-order valence-corrected chi connectivity index (χ2v) is 4.49. The lowest BCUT2D eigenvalue weighted by molar-refractivity contribution is 0.836. The third-order valence-corrected chi connectivity index (χ3v) is 2.97. The van der Waals surface area contributed by atoms with Crippen molar-refractivity contribution in [3.63, 3.8) is 0 Å². The van der Waals surface area contributed by atoms with E-state index in [1.54, 1.807) is 0 Å². The first-order valence-electron chi connectivity index (χ1n) is 4.93. The van der Waals surface area contributed by atoms with Gasteiger partial charge in [-0.25, -0.2) is 0 Å². The molecule has 0 unspecified atom stereocenters. The van der Waals surface area contributed by atoms with E-state index < -0.39 is 0 Å². The summed E-state index contributed by atoms with van der Waals surface area (Å²) in [4.78, 5) is 3.30. The zero-order chi connectivity index (χ0) is 9.42. The van der Waals surface area contributed by atoms with Gasteiger partial charge in [-0.05, 0) is 42.4 Å². The number of rotatable bonds is 1. The molecular formula is C11H15NS. The van der Waals surface area contributed by atoms with Crippen LogP contribution in [0.3, 0.4) is 0 Å². The fourth-order valence-corrected chi connectivity index (χ4v) is 2.38. The van der Waals surface area contributed by atoms with Crippen LogP contribution < -0.4 is 0 Å². The minimum absolute atomic E-state index is 0.600. The molecule has 1 aliphatic carbocycles. The van der Waals surface area contributed by atoms with Gasteiger partial charge in [0.05, 0.1) is 0 Å². The van der Waals surface area contributed by atoms with Gasteiger partial charge in [-0.1, -0.05) is 26.1 Å². The van der Waals surface area contributed by atoms with E-state index in [0.717, 1.165) is 4.64 Å². The standard InChI is InChI=1S/C11H15NS/c1-7(2)9-6-11(13)12-10-5-3-4-8(9)10/h6-7H,3-5H2,1-2H3,(H,12,13). The van der Waals surface area contributed by atoms with Crippen LogP contribution in [0.1, 0.15) is 43.0 Å². The SMILES string of the molecule is CC(C)c1cc(=S)[nH]c2c1CCC2. The minimum Gasteiger partial charge on any atom is -0.350 e. The van der Waals surface area contributed by atoms with E-state index in [2.05, 4.69) is 24.9 Å². The van der Waals surface area contributed by atoms with E-state index in [0.29, 0.717) is 5.92 Å². The first-order valence-corrected chi connectivity index (χ1v) is 5.34. The van der Waals surface area contributed by atoms with Gasteiger partial charge in [0.1, 0.15) is 4.64 Å². The molecule has 2 heteroatoms. The molecule has 0 spiro atoms. The van der Waals surface area contributed by atoms with Crippen LogP contribution in [-0.4, -0.2) is 4.98 Å². The lowest BCUT2D eigenvalue weighted by Gasteiger charge is -2.11. The van der Waals surface area contributed by atoms with Crippen molar-refractivity contribution >= 4 is 12.2 Å². The normalized spacial score (nSPS) is 15.0. The maximum absolute atomic E-state index is 5.20. The summed E-state index contributed by atoms with van der Waals surface area (Å²) in [7, 11) is 0. The van der Waals surface area contributed by atoms with Crippen LogP contribution in [0.2, 0.25) is 0 Å². The van der Waals surface area contributed by atoms with Crippen LogP contribution in [0.5, 0.6) is 0 Å². The Morgan fingerprint density at radius 2 is 2.15 bits per heavy atom. The Balaban J connectivity index is 2.62.